The lowest BCUT2D eigenvalue weighted by atomic mass is 9.97. The Balaban J connectivity index is 2.03. The standard InChI is InChI=1S/C20H22O5S/c1-13-9-14(2)19(15(3)10-13)18(21)11-25-20(22)17-7-5-16(6-8-17)12-26(4,23)24/h5-10H,11-12H2,1-4H3. The fourth-order valence-corrected chi connectivity index (χ4v) is 3.74. The van der Waals surface area contributed by atoms with Gasteiger partial charge in [0, 0.05) is 11.8 Å². The van der Waals surface area contributed by atoms with Crippen LogP contribution in [0, 0.1) is 20.8 Å². The van der Waals surface area contributed by atoms with E-state index in [9.17, 15) is 18.0 Å². The molecule has 26 heavy (non-hydrogen) atoms. The second kappa shape index (κ2) is 7.83. The van der Waals surface area contributed by atoms with E-state index in [1.807, 2.05) is 32.9 Å². The number of carbonyl (C=O) groups is 2. The summed E-state index contributed by atoms with van der Waals surface area (Å²) in [5.74, 6) is -0.957. The summed E-state index contributed by atoms with van der Waals surface area (Å²) in [7, 11) is -3.13. The van der Waals surface area contributed by atoms with Gasteiger partial charge in [0.1, 0.15) is 0 Å². The van der Waals surface area contributed by atoms with Gasteiger partial charge in [-0.15, -0.1) is 0 Å². The van der Waals surface area contributed by atoms with Gasteiger partial charge in [-0.05, 0) is 49.6 Å². The molecule has 0 aliphatic heterocycles. The van der Waals surface area contributed by atoms with Crippen molar-refractivity contribution in [3.63, 3.8) is 0 Å². The molecule has 138 valence electrons. The van der Waals surface area contributed by atoms with E-state index in [0.29, 0.717) is 11.1 Å². The average molecular weight is 374 g/mol. The first kappa shape index (κ1) is 19.8. The summed E-state index contributed by atoms with van der Waals surface area (Å²) in [6, 6.07) is 9.96. The Labute approximate surface area is 153 Å². The summed E-state index contributed by atoms with van der Waals surface area (Å²) in [4.78, 5) is 24.5. The normalized spacial score (nSPS) is 11.2. The third-order valence-electron chi connectivity index (χ3n) is 3.91. The van der Waals surface area contributed by atoms with Crippen molar-refractivity contribution in [3.8, 4) is 0 Å². The molecule has 0 atom stereocenters. The lowest BCUT2D eigenvalue weighted by Crippen LogP contribution is -2.16. The maximum Gasteiger partial charge on any atom is 0.338 e. The van der Waals surface area contributed by atoms with Crippen LogP contribution in [0.15, 0.2) is 36.4 Å². The van der Waals surface area contributed by atoms with E-state index in [-0.39, 0.29) is 23.7 Å². The van der Waals surface area contributed by atoms with Crippen LogP contribution in [0.4, 0.5) is 0 Å². The average Bonchev–Trinajstić information content (AvgIpc) is 2.50. The molecule has 2 aromatic carbocycles. The fraction of sp³-hybridized carbons (Fsp3) is 0.300. The van der Waals surface area contributed by atoms with Gasteiger partial charge in [-0.1, -0.05) is 29.8 Å². The first-order valence-corrected chi connectivity index (χ1v) is 10.2. The number of aryl methyl sites for hydroxylation is 3. The number of carbonyl (C=O) groups excluding carboxylic acids is 2. The number of hydrogen-bond donors (Lipinski definition) is 0. The molecule has 0 radical (unpaired) electrons. The van der Waals surface area contributed by atoms with Gasteiger partial charge in [-0.3, -0.25) is 4.79 Å². The van der Waals surface area contributed by atoms with Gasteiger partial charge in [0.25, 0.3) is 0 Å². The number of ketones is 1. The fourth-order valence-electron chi connectivity index (χ4n) is 2.95. The topological polar surface area (TPSA) is 77.5 Å². The third-order valence-corrected chi connectivity index (χ3v) is 4.77. The van der Waals surface area contributed by atoms with E-state index < -0.39 is 15.8 Å². The number of hydrogen-bond acceptors (Lipinski definition) is 5. The first-order valence-electron chi connectivity index (χ1n) is 8.11. The van der Waals surface area contributed by atoms with Crippen molar-refractivity contribution < 1.29 is 22.7 Å². The molecular formula is C20H22O5S. The van der Waals surface area contributed by atoms with Crippen LogP contribution in [-0.2, 0) is 20.3 Å². The van der Waals surface area contributed by atoms with E-state index in [4.69, 9.17) is 4.74 Å². The van der Waals surface area contributed by atoms with Crippen molar-refractivity contribution in [2.45, 2.75) is 26.5 Å². The van der Waals surface area contributed by atoms with Crippen molar-refractivity contribution in [3.05, 3.63) is 69.8 Å². The second-order valence-electron chi connectivity index (χ2n) is 6.54. The highest BCUT2D eigenvalue weighted by Crippen LogP contribution is 2.17. The second-order valence-corrected chi connectivity index (χ2v) is 8.68. The molecule has 0 bridgehead atoms. The Kier molecular flexibility index (Phi) is 5.97. The molecule has 5 nitrogen and oxygen atoms in total. The van der Waals surface area contributed by atoms with Gasteiger partial charge >= 0.3 is 5.97 Å². The predicted molar refractivity (Wildman–Crippen MR) is 100 cm³/mol. The summed E-state index contributed by atoms with van der Waals surface area (Å²) in [5, 5.41) is 0. The predicted octanol–water partition coefficient (Wildman–Crippen LogP) is 3.20. The smallest absolute Gasteiger partial charge is 0.338 e. The van der Waals surface area contributed by atoms with Crippen LogP contribution in [0.3, 0.4) is 0 Å². The van der Waals surface area contributed by atoms with Gasteiger partial charge in [-0.2, -0.15) is 0 Å². The summed E-state index contributed by atoms with van der Waals surface area (Å²) in [5.41, 5.74) is 4.22. The highest BCUT2D eigenvalue weighted by molar-refractivity contribution is 7.89. The molecule has 0 saturated heterocycles. The van der Waals surface area contributed by atoms with Crippen LogP contribution in [0.25, 0.3) is 0 Å². The van der Waals surface area contributed by atoms with Gasteiger partial charge in [0.05, 0.1) is 11.3 Å². The molecule has 2 aromatic rings. The van der Waals surface area contributed by atoms with Crippen molar-refractivity contribution in [2.75, 3.05) is 12.9 Å². The number of ether oxygens (including phenoxy) is 1. The number of sulfone groups is 1. The zero-order valence-corrected chi connectivity index (χ0v) is 16.1. The van der Waals surface area contributed by atoms with Gasteiger partial charge in [-0.25, -0.2) is 13.2 Å². The Hall–Kier alpha value is -2.47. The summed E-state index contributed by atoms with van der Waals surface area (Å²) in [6.07, 6.45) is 1.15. The maximum absolute atomic E-state index is 12.4. The van der Waals surface area contributed by atoms with Crippen molar-refractivity contribution in [1.82, 2.24) is 0 Å². The summed E-state index contributed by atoms with van der Waals surface area (Å²) in [6.45, 7) is 5.33. The molecule has 0 fully saturated rings. The highest BCUT2D eigenvalue weighted by atomic mass is 32.2. The monoisotopic (exact) mass is 374 g/mol. The molecule has 6 heteroatoms. The van der Waals surface area contributed by atoms with Crippen molar-refractivity contribution in [1.29, 1.82) is 0 Å². The molecule has 0 heterocycles. The zero-order chi connectivity index (χ0) is 19.5. The minimum absolute atomic E-state index is 0.0905. The Morgan fingerprint density at radius 2 is 1.50 bits per heavy atom. The molecule has 0 N–H and O–H groups in total. The minimum Gasteiger partial charge on any atom is -0.454 e. The number of esters is 1. The quantitative estimate of drug-likeness (QED) is 0.573. The molecule has 0 saturated carbocycles. The largest absolute Gasteiger partial charge is 0.454 e. The molecule has 2 rings (SSSR count). The first-order chi connectivity index (χ1) is 12.1. The van der Waals surface area contributed by atoms with E-state index in [0.717, 1.165) is 22.9 Å². The summed E-state index contributed by atoms with van der Waals surface area (Å²) >= 11 is 0. The van der Waals surface area contributed by atoms with Crippen molar-refractivity contribution >= 4 is 21.6 Å². The van der Waals surface area contributed by atoms with E-state index >= 15 is 0 Å². The minimum atomic E-state index is -3.13. The summed E-state index contributed by atoms with van der Waals surface area (Å²) < 4.78 is 27.7. The molecule has 0 aliphatic carbocycles. The Morgan fingerprint density at radius 3 is 2.00 bits per heavy atom. The van der Waals surface area contributed by atoms with Crippen LogP contribution in [0.5, 0.6) is 0 Å². The lowest BCUT2D eigenvalue weighted by molar-refractivity contribution is 0.0474. The molecule has 0 spiro atoms. The van der Waals surface area contributed by atoms with Gasteiger partial charge in [0.2, 0.25) is 5.78 Å². The van der Waals surface area contributed by atoms with Crippen LogP contribution in [0.1, 0.15) is 43.0 Å². The highest BCUT2D eigenvalue weighted by Gasteiger charge is 2.16. The van der Waals surface area contributed by atoms with Crippen LogP contribution >= 0.6 is 0 Å². The SMILES string of the molecule is Cc1cc(C)c(C(=O)COC(=O)c2ccc(CS(C)(=O)=O)cc2)c(C)c1. The van der Waals surface area contributed by atoms with E-state index in [1.54, 1.807) is 12.1 Å². The van der Waals surface area contributed by atoms with Gasteiger partial charge < -0.3 is 4.74 Å². The van der Waals surface area contributed by atoms with Crippen LogP contribution < -0.4 is 0 Å². The van der Waals surface area contributed by atoms with E-state index in [2.05, 4.69) is 0 Å². The zero-order valence-electron chi connectivity index (χ0n) is 15.3. The molecular weight excluding hydrogens is 352 g/mol. The molecule has 0 aliphatic rings. The third kappa shape index (κ3) is 5.26. The number of benzene rings is 2. The Bertz CT molecular complexity index is 918. The molecule has 0 amide bonds. The maximum atomic E-state index is 12.4. The molecule has 0 unspecified atom stereocenters. The number of Topliss-reactive ketones (excluding diaryl/α,β-unsaturated/α-hetero) is 1. The lowest BCUT2D eigenvalue weighted by Gasteiger charge is -2.11. The molecule has 0 aromatic heterocycles. The van der Waals surface area contributed by atoms with Crippen LogP contribution in [-0.4, -0.2) is 33.0 Å². The van der Waals surface area contributed by atoms with Crippen LogP contribution in [0.2, 0.25) is 0 Å². The van der Waals surface area contributed by atoms with Crippen molar-refractivity contribution in [2.24, 2.45) is 0 Å². The number of rotatable bonds is 6. The van der Waals surface area contributed by atoms with E-state index in [1.165, 1.54) is 12.1 Å². The Morgan fingerprint density at radius 1 is 0.962 bits per heavy atom. The van der Waals surface area contributed by atoms with Gasteiger partial charge in [0.15, 0.2) is 16.4 Å².